The Labute approximate surface area is 113 Å². The first-order chi connectivity index (χ1) is 8.72. The summed E-state index contributed by atoms with van der Waals surface area (Å²) in [4.78, 5) is 0. The molecular weight excluding hydrogens is 220 g/mol. The minimum absolute atomic E-state index is 0.669. The van der Waals surface area contributed by atoms with Crippen molar-refractivity contribution in [2.75, 3.05) is 6.54 Å². The van der Waals surface area contributed by atoms with Crippen molar-refractivity contribution in [3.05, 3.63) is 0 Å². The second-order valence-electron chi connectivity index (χ2n) is 6.60. The van der Waals surface area contributed by atoms with Crippen LogP contribution in [0.1, 0.15) is 65.7 Å². The van der Waals surface area contributed by atoms with Gasteiger partial charge in [0.2, 0.25) is 0 Å². The lowest BCUT2D eigenvalue weighted by molar-refractivity contribution is 0.189. The predicted molar refractivity (Wildman–Crippen MR) is 78.8 cm³/mol. The molecule has 1 aliphatic carbocycles. The van der Waals surface area contributed by atoms with E-state index in [1.165, 1.54) is 51.5 Å². The zero-order chi connectivity index (χ0) is 13.0. The summed E-state index contributed by atoms with van der Waals surface area (Å²) in [5, 5.41) is 7.69. The molecule has 0 spiro atoms. The van der Waals surface area contributed by atoms with Crippen molar-refractivity contribution >= 4 is 0 Å². The lowest BCUT2D eigenvalue weighted by Crippen LogP contribution is -2.50. The van der Waals surface area contributed by atoms with E-state index in [1.54, 1.807) is 0 Å². The summed E-state index contributed by atoms with van der Waals surface area (Å²) in [6.45, 7) is 8.31. The third-order valence-electron chi connectivity index (χ3n) is 5.41. The first-order valence-electron chi connectivity index (χ1n) is 8.21. The van der Waals surface area contributed by atoms with Gasteiger partial charge in [-0.1, -0.05) is 33.1 Å². The molecule has 2 rings (SSSR count). The molecule has 0 aromatic rings. The van der Waals surface area contributed by atoms with Crippen LogP contribution in [0.4, 0.5) is 0 Å². The monoisotopic (exact) mass is 252 g/mol. The minimum atomic E-state index is 0.669. The van der Waals surface area contributed by atoms with Gasteiger partial charge in [0.05, 0.1) is 0 Å². The molecule has 1 saturated carbocycles. The summed E-state index contributed by atoms with van der Waals surface area (Å²) in [5.41, 5.74) is 0. The molecule has 0 aromatic heterocycles. The SMILES string of the molecule is CCC(C)C(C)NC1CCCCC1C1CCCN1. The van der Waals surface area contributed by atoms with Gasteiger partial charge in [-0.25, -0.2) is 0 Å². The summed E-state index contributed by atoms with van der Waals surface area (Å²) in [7, 11) is 0. The number of rotatable bonds is 5. The largest absolute Gasteiger partial charge is 0.314 e. The van der Waals surface area contributed by atoms with E-state index in [2.05, 4.69) is 31.4 Å². The van der Waals surface area contributed by atoms with E-state index in [9.17, 15) is 0 Å². The van der Waals surface area contributed by atoms with Crippen LogP contribution in [0.15, 0.2) is 0 Å². The van der Waals surface area contributed by atoms with Gasteiger partial charge in [-0.3, -0.25) is 0 Å². The Balaban J connectivity index is 1.90. The molecule has 0 aromatic carbocycles. The first-order valence-corrected chi connectivity index (χ1v) is 8.21. The molecule has 2 fully saturated rings. The first kappa shape index (κ1) is 14.3. The Morgan fingerprint density at radius 2 is 1.89 bits per heavy atom. The zero-order valence-electron chi connectivity index (χ0n) is 12.5. The molecule has 18 heavy (non-hydrogen) atoms. The van der Waals surface area contributed by atoms with Crippen LogP contribution in [0.3, 0.4) is 0 Å². The molecule has 1 heterocycles. The molecule has 106 valence electrons. The molecule has 2 nitrogen and oxygen atoms in total. The standard InChI is InChI=1S/C16H32N2/c1-4-12(2)13(3)18-16-9-6-5-8-14(16)15-10-7-11-17-15/h12-18H,4-11H2,1-3H3. The third kappa shape index (κ3) is 3.48. The summed E-state index contributed by atoms with van der Waals surface area (Å²) in [5.74, 6) is 1.68. The van der Waals surface area contributed by atoms with Crippen LogP contribution in [-0.4, -0.2) is 24.7 Å². The van der Waals surface area contributed by atoms with E-state index in [-0.39, 0.29) is 0 Å². The van der Waals surface area contributed by atoms with Crippen LogP contribution in [-0.2, 0) is 0 Å². The molecule has 1 aliphatic heterocycles. The summed E-state index contributed by atoms with van der Waals surface area (Å²) >= 11 is 0. The van der Waals surface area contributed by atoms with Crippen molar-refractivity contribution in [1.29, 1.82) is 0 Å². The third-order valence-corrected chi connectivity index (χ3v) is 5.41. The molecule has 0 bridgehead atoms. The lowest BCUT2D eigenvalue weighted by Gasteiger charge is -2.39. The highest BCUT2D eigenvalue weighted by molar-refractivity contribution is 4.92. The van der Waals surface area contributed by atoms with Crippen molar-refractivity contribution in [3.8, 4) is 0 Å². The van der Waals surface area contributed by atoms with E-state index >= 15 is 0 Å². The van der Waals surface area contributed by atoms with Crippen LogP contribution in [0, 0.1) is 11.8 Å². The van der Waals surface area contributed by atoms with Crippen molar-refractivity contribution < 1.29 is 0 Å². The van der Waals surface area contributed by atoms with Crippen molar-refractivity contribution in [2.24, 2.45) is 11.8 Å². The van der Waals surface area contributed by atoms with Crippen LogP contribution in [0.5, 0.6) is 0 Å². The molecule has 5 atom stereocenters. The van der Waals surface area contributed by atoms with E-state index in [0.29, 0.717) is 6.04 Å². The average molecular weight is 252 g/mol. The Hall–Kier alpha value is -0.0800. The van der Waals surface area contributed by atoms with Gasteiger partial charge < -0.3 is 10.6 Å². The molecule has 2 heteroatoms. The van der Waals surface area contributed by atoms with Crippen molar-refractivity contribution in [2.45, 2.75) is 83.8 Å². The summed E-state index contributed by atoms with van der Waals surface area (Å²) in [6, 6.07) is 2.23. The van der Waals surface area contributed by atoms with Gasteiger partial charge in [0.25, 0.3) is 0 Å². The second kappa shape index (κ2) is 6.91. The highest BCUT2D eigenvalue weighted by Crippen LogP contribution is 2.31. The average Bonchev–Trinajstić information content (AvgIpc) is 2.92. The molecule has 2 N–H and O–H groups in total. The van der Waals surface area contributed by atoms with E-state index in [1.807, 2.05) is 0 Å². The molecular formula is C16H32N2. The molecule has 0 radical (unpaired) electrons. The van der Waals surface area contributed by atoms with Crippen molar-refractivity contribution in [1.82, 2.24) is 10.6 Å². The van der Waals surface area contributed by atoms with Gasteiger partial charge >= 0.3 is 0 Å². The van der Waals surface area contributed by atoms with Gasteiger partial charge in [0.1, 0.15) is 0 Å². The topological polar surface area (TPSA) is 24.1 Å². The van der Waals surface area contributed by atoms with Crippen LogP contribution < -0.4 is 10.6 Å². The highest BCUT2D eigenvalue weighted by atomic mass is 15.0. The maximum Gasteiger partial charge on any atom is 0.0113 e. The summed E-state index contributed by atoms with van der Waals surface area (Å²) in [6.07, 6.45) is 9.77. The Morgan fingerprint density at radius 1 is 1.11 bits per heavy atom. The van der Waals surface area contributed by atoms with Crippen LogP contribution in [0.2, 0.25) is 0 Å². The quantitative estimate of drug-likeness (QED) is 0.784. The fourth-order valence-electron chi connectivity index (χ4n) is 3.78. The maximum absolute atomic E-state index is 3.96. The Kier molecular flexibility index (Phi) is 5.50. The Bertz CT molecular complexity index is 235. The number of hydrogen-bond acceptors (Lipinski definition) is 2. The minimum Gasteiger partial charge on any atom is -0.314 e. The number of hydrogen-bond donors (Lipinski definition) is 2. The molecule has 1 saturated heterocycles. The van der Waals surface area contributed by atoms with Gasteiger partial charge in [-0.05, 0) is 51.0 Å². The van der Waals surface area contributed by atoms with Gasteiger partial charge in [0.15, 0.2) is 0 Å². The highest BCUT2D eigenvalue weighted by Gasteiger charge is 2.33. The van der Waals surface area contributed by atoms with E-state index in [4.69, 9.17) is 0 Å². The molecule has 2 aliphatic rings. The van der Waals surface area contributed by atoms with Gasteiger partial charge in [-0.2, -0.15) is 0 Å². The van der Waals surface area contributed by atoms with Gasteiger partial charge in [0, 0.05) is 18.1 Å². The molecule has 5 unspecified atom stereocenters. The maximum atomic E-state index is 3.96. The van der Waals surface area contributed by atoms with Crippen LogP contribution >= 0.6 is 0 Å². The zero-order valence-corrected chi connectivity index (χ0v) is 12.5. The van der Waals surface area contributed by atoms with Crippen LogP contribution in [0.25, 0.3) is 0 Å². The normalized spacial score (nSPS) is 36.5. The molecule has 0 amide bonds. The van der Waals surface area contributed by atoms with Crippen molar-refractivity contribution in [3.63, 3.8) is 0 Å². The summed E-state index contributed by atoms with van der Waals surface area (Å²) < 4.78 is 0. The smallest absolute Gasteiger partial charge is 0.0113 e. The fraction of sp³-hybridized carbons (Fsp3) is 1.00. The van der Waals surface area contributed by atoms with E-state index in [0.717, 1.165) is 23.9 Å². The predicted octanol–water partition coefficient (Wildman–Crippen LogP) is 3.32. The lowest BCUT2D eigenvalue weighted by atomic mass is 9.78. The fourth-order valence-corrected chi connectivity index (χ4v) is 3.78. The van der Waals surface area contributed by atoms with Gasteiger partial charge in [-0.15, -0.1) is 0 Å². The number of nitrogens with one attached hydrogen (secondary N) is 2. The van der Waals surface area contributed by atoms with E-state index < -0.39 is 0 Å². The second-order valence-corrected chi connectivity index (χ2v) is 6.60. The Morgan fingerprint density at radius 3 is 2.56 bits per heavy atom.